The van der Waals surface area contributed by atoms with Crippen LogP contribution >= 0.6 is 0 Å². The van der Waals surface area contributed by atoms with E-state index in [1.54, 1.807) is 6.20 Å². The lowest BCUT2D eigenvalue weighted by Crippen LogP contribution is -1.89. The van der Waals surface area contributed by atoms with Gasteiger partial charge < -0.3 is 10.7 Å². The van der Waals surface area contributed by atoms with Crippen LogP contribution in [0, 0.1) is 0 Å². The van der Waals surface area contributed by atoms with Crippen LogP contribution in [0.25, 0.3) is 22.4 Å². The van der Waals surface area contributed by atoms with Gasteiger partial charge >= 0.3 is 0 Å². The maximum Gasteiger partial charge on any atom is 0.156 e. The molecule has 2 aromatic heterocycles. The Morgan fingerprint density at radius 2 is 2.12 bits per heavy atom. The summed E-state index contributed by atoms with van der Waals surface area (Å²) in [4.78, 5) is 11.8. The highest BCUT2D eigenvalue weighted by molar-refractivity contribution is 5.74. The first-order chi connectivity index (χ1) is 7.83. The zero-order valence-electron chi connectivity index (χ0n) is 8.51. The molecule has 16 heavy (non-hydrogen) atoms. The van der Waals surface area contributed by atoms with E-state index in [1.165, 1.54) is 0 Å². The maximum atomic E-state index is 5.73. The first-order valence-electron chi connectivity index (χ1n) is 4.99. The van der Waals surface area contributed by atoms with Crippen molar-refractivity contribution in [3.05, 3.63) is 42.7 Å². The minimum Gasteiger partial charge on any atom is -0.399 e. The molecule has 0 saturated heterocycles. The molecule has 0 atom stereocenters. The van der Waals surface area contributed by atoms with Crippen LogP contribution in [-0.4, -0.2) is 15.0 Å². The van der Waals surface area contributed by atoms with Gasteiger partial charge in [0.1, 0.15) is 5.52 Å². The maximum absolute atomic E-state index is 5.73. The highest BCUT2D eigenvalue weighted by Gasteiger charge is 2.03. The molecule has 3 N–H and O–H groups in total. The van der Waals surface area contributed by atoms with E-state index in [2.05, 4.69) is 15.0 Å². The van der Waals surface area contributed by atoms with Crippen molar-refractivity contribution in [1.29, 1.82) is 0 Å². The predicted molar refractivity (Wildman–Crippen MR) is 63.7 cm³/mol. The molecule has 0 aliphatic carbocycles. The average Bonchev–Trinajstić information content (AvgIpc) is 2.75. The number of rotatable bonds is 1. The number of nitrogens with one attached hydrogen (secondary N) is 1. The van der Waals surface area contributed by atoms with Gasteiger partial charge in [0.2, 0.25) is 0 Å². The number of nitrogens with two attached hydrogens (primary N) is 1. The zero-order valence-corrected chi connectivity index (χ0v) is 8.51. The van der Waals surface area contributed by atoms with Crippen molar-refractivity contribution >= 4 is 16.9 Å². The molecule has 0 aliphatic rings. The van der Waals surface area contributed by atoms with E-state index in [0.717, 1.165) is 28.1 Å². The number of aromatic nitrogens is 3. The van der Waals surface area contributed by atoms with Crippen LogP contribution in [0.5, 0.6) is 0 Å². The molecule has 0 unspecified atom stereocenters. The van der Waals surface area contributed by atoms with E-state index in [1.807, 2.05) is 36.5 Å². The van der Waals surface area contributed by atoms with E-state index < -0.39 is 0 Å². The summed E-state index contributed by atoms with van der Waals surface area (Å²) in [5.41, 5.74) is 9.94. The van der Waals surface area contributed by atoms with Gasteiger partial charge in [0.05, 0.1) is 11.9 Å². The van der Waals surface area contributed by atoms with Crippen molar-refractivity contribution in [2.45, 2.75) is 0 Å². The number of aromatic amines is 1. The van der Waals surface area contributed by atoms with Gasteiger partial charge in [0, 0.05) is 17.4 Å². The summed E-state index contributed by atoms with van der Waals surface area (Å²) in [6, 6.07) is 9.53. The van der Waals surface area contributed by atoms with Crippen molar-refractivity contribution in [1.82, 2.24) is 15.0 Å². The second-order valence-electron chi connectivity index (χ2n) is 3.59. The number of hydrogen-bond donors (Lipinski definition) is 2. The molecule has 0 bridgehead atoms. The number of benzene rings is 1. The zero-order chi connectivity index (χ0) is 11.0. The summed E-state index contributed by atoms with van der Waals surface area (Å²) in [7, 11) is 0. The molecule has 0 fully saturated rings. The Morgan fingerprint density at radius 1 is 1.19 bits per heavy atom. The second kappa shape index (κ2) is 3.34. The van der Waals surface area contributed by atoms with E-state index in [4.69, 9.17) is 5.73 Å². The normalized spacial score (nSPS) is 10.8. The van der Waals surface area contributed by atoms with Crippen LogP contribution in [0.15, 0.2) is 42.7 Å². The molecule has 2 heterocycles. The highest BCUT2D eigenvalue weighted by Crippen LogP contribution is 2.20. The third-order valence-corrected chi connectivity index (χ3v) is 2.44. The lowest BCUT2D eigenvalue weighted by Gasteiger charge is -2.01. The van der Waals surface area contributed by atoms with Gasteiger partial charge in [-0.2, -0.15) is 0 Å². The molecule has 3 rings (SSSR count). The molecule has 78 valence electrons. The number of hydrogen-bond acceptors (Lipinski definition) is 3. The Bertz CT molecular complexity index is 642. The fourth-order valence-electron chi connectivity index (χ4n) is 1.67. The molecule has 0 aliphatic heterocycles. The number of H-pyrrole nitrogens is 1. The fourth-order valence-corrected chi connectivity index (χ4v) is 1.67. The standard InChI is InChI=1S/C12H10N4/c13-9-3-1-2-8(6-9)11-7-15-12-10(16-11)4-5-14-12/h1-7H,13H2,(H,14,15). The third kappa shape index (κ3) is 1.40. The molecule has 0 amide bonds. The molecular weight excluding hydrogens is 200 g/mol. The van der Waals surface area contributed by atoms with Gasteiger partial charge in [0.15, 0.2) is 5.65 Å². The van der Waals surface area contributed by atoms with Crippen LogP contribution in [0.3, 0.4) is 0 Å². The Balaban J connectivity index is 2.18. The van der Waals surface area contributed by atoms with Gasteiger partial charge in [-0.3, -0.25) is 0 Å². The van der Waals surface area contributed by atoms with Gasteiger partial charge in [-0.05, 0) is 18.2 Å². The smallest absolute Gasteiger partial charge is 0.156 e. The minimum absolute atomic E-state index is 0.730. The summed E-state index contributed by atoms with van der Waals surface area (Å²) < 4.78 is 0. The Hall–Kier alpha value is -2.36. The number of anilines is 1. The Kier molecular flexibility index (Phi) is 1.86. The molecule has 4 nitrogen and oxygen atoms in total. The Labute approximate surface area is 92.2 Å². The topological polar surface area (TPSA) is 67.6 Å². The lowest BCUT2D eigenvalue weighted by molar-refractivity contribution is 1.26. The van der Waals surface area contributed by atoms with E-state index >= 15 is 0 Å². The first kappa shape index (κ1) is 8.91. The quantitative estimate of drug-likeness (QED) is 0.605. The van der Waals surface area contributed by atoms with Crippen molar-refractivity contribution in [3.63, 3.8) is 0 Å². The number of fused-ring (bicyclic) bond motifs is 1. The molecular formula is C12H10N4. The molecule has 4 heteroatoms. The molecule has 0 spiro atoms. The van der Waals surface area contributed by atoms with Crippen LogP contribution < -0.4 is 5.73 Å². The number of nitrogen functional groups attached to an aromatic ring is 1. The predicted octanol–water partition coefficient (Wildman–Crippen LogP) is 2.21. The highest BCUT2D eigenvalue weighted by atomic mass is 14.9. The third-order valence-electron chi connectivity index (χ3n) is 2.44. The molecule has 3 aromatic rings. The van der Waals surface area contributed by atoms with Gasteiger partial charge in [-0.15, -0.1) is 0 Å². The summed E-state index contributed by atoms with van der Waals surface area (Å²) in [5.74, 6) is 0. The first-order valence-corrected chi connectivity index (χ1v) is 4.99. The lowest BCUT2D eigenvalue weighted by atomic mass is 10.1. The van der Waals surface area contributed by atoms with Gasteiger partial charge in [-0.25, -0.2) is 9.97 Å². The van der Waals surface area contributed by atoms with Crippen LogP contribution in [0.4, 0.5) is 5.69 Å². The summed E-state index contributed by atoms with van der Waals surface area (Å²) in [6.45, 7) is 0. The van der Waals surface area contributed by atoms with Crippen molar-refractivity contribution < 1.29 is 0 Å². The average molecular weight is 210 g/mol. The molecule has 0 saturated carbocycles. The van der Waals surface area contributed by atoms with E-state index in [0.29, 0.717) is 0 Å². The molecule has 0 radical (unpaired) electrons. The largest absolute Gasteiger partial charge is 0.399 e. The van der Waals surface area contributed by atoms with E-state index in [9.17, 15) is 0 Å². The SMILES string of the molecule is Nc1cccc(-c2cnc3[nH]ccc3n2)c1. The van der Waals surface area contributed by atoms with Crippen LogP contribution in [-0.2, 0) is 0 Å². The number of nitrogens with zero attached hydrogens (tertiary/aromatic N) is 2. The van der Waals surface area contributed by atoms with Crippen molar-refractivity contribution in [2.75, 3.05) is 5.73 Å². The fraction of sp³-hybridized carbons (Fsp3) is 0. The minimum atomic E-state index is 0.730. The Morgan fingerprint density at radius 3 is 3.00 bits per heavy atom. The monoisotopic (exact) mass is 210 g/mol. The van der Waals surface area contributed by atoms with Crippen LogP contribution in [0.2, 0.25) is 0 Å². The second-order valence-corrected chi connectivity index (χ2v) is 3.59. The summed E-state index contributed by atoms with van der Waals surface area (Å²) in [6.07, 6.45) is 3.57. The van der Waals surface area contributed by atoms with E-state index in [-0.39, 0.29) is 0 Å². The van der Waals surface area contributed by atoms with Crippen molar-refractivity contribution in [3.8, 4) is 11.3 Å². The van der Waals surface area contributed by atoms with Crippen LogP contribution in [0.1, 0.15) is 0 Å². The van der Waals surface area contributed by atoms with Gasteiger partial charge in [0.25, 0.3) is 0 Å². The molecule has 1 aromatic carbocycles. The van der Waals surface area contributed by atoms with Gasteiger partial charge in [-0.1, -0.05) is 12.1 Å². The summed E-state index contributed by atoms with van der Waals surface area (Å²) >= 11 is 0. The summed E-state index contributed by atoms with van der Waals surface area (Å²) in [5, 5.41) is 0. The van der Waals surface area contributed by atoms with Crippen molar-refractivity contribution in [2.24, 2.45) is 0 Å².